The van der Waals surface area contributed by atoms with Crippen molar-refractivity contribution in [3.8, 4) is 11.5 Å². The molecule has 0 fully saturated rings. The van der Waals surface area contributed by atoms with Gasteiger partial charge >= 0.3 is 5.97 Å². The monoisotopic (exact) mass is 424 g/mol. The SMILES string of the molecule is O=C(O)CC1COc2cc(OCCN3C=C=NN=C3SCc3ccncc3)ccc21. The topological polar surface area (TPSA) is 96.6 Å². The zero-order valence-electron chi connectivity index (χ0n) is 16.1. The van der Waals surface area contributed by atoms with Gasteiger partial charge in [-0.25, -0.2) is 0 Å². The molecule has 3 heterocycles. The number of pyridine rings is 1. The van der Waals surface area contributed by atoms with Gasteiger partial charge in [0.25, 0.3) is 0 Å². The quantitative estimate of drug-likeness (QED) is 0.695. The molecule has 154 valence electrons. The second-order valence-corrected chi connectivity index (χ2v) is 7.67. The summed E-state index contributed by atoms with van der Waals surface area (Å²) in [5, 5.41) is 17.8. The first kappa shape index (κ1) is 20.0. The molecule has 1 aromatic heterocycles. The van der Waals surface area contributed by atoms with E-state index in [1.807, 2.05) is 35.2 Å². The fourth-order valence-electron chi connectivity index (χ4n) is 3.17. The Balaban J connectivity index is 1.30. The van der Waals surface area contributed by atoms with Crippen LogP contribution in [-0.2, 0) is 10.5 Å². The highest BCUT2D eigenvalue weighted by Crippen LogP contribution is 2.38. The summed E-state index contributed by atoms with van der Waals surface area (Å²) in [4.78, 5) is 16.9. The highest BCUT2D eigenvalue weighted by molar-refractivity contribution is 8.13. The number of hydrogen-bond donors (Lipinski definition) is 1. The van der Waals surface area contributed by atoms with Crippen LogP contribution in [-0.4, -0.2) is 51.8 Å². The van der Waals surface area contributed by atoms with E-state index >= 15 is 0 Å². The van der Waals surface area contributed by atoms with Gasteiger partial charge in [0.2, 0.25) is 0 Å². The van der Waals surface area contributed by atoms with Gasteiger partial charge in [-0.15, -0.1) is 10.2 Å². The van der Waals surface area contributed by atoms with Crippen molar-refractivity contribution < 1.29 is 19.4 Å². The zero-order chi connectivity index (χ0) is 20.8. The van der Waals surface area contributed by atoms with E-state index in [2.05, 4.69) is 21.1 Å². The molecule has 1 atom stereocenters. The minimum atomic E-state index is -0.825. The zero-order valence-corrected chi connectivity index (χ0v) is 16.9. The Hall–Kier alpha value is -3.29. The van der Waals surface area contributed by atoms with Crippen molar-refractivity contribution in [3.63, 3.8) is 0 Å². The molecule has 1 N–H and O–H groups in total. The molecular weight excluding hydrogens is 404 g/mol. The number of aliphatic carboxylic acids is 1. The lowest BCUT2D eigenvalue weighted by Crippen LogP contribution is -2.29. The highest BCUT2D eigenvalue weighted by atomic mass is 32.2. The van der Waals surface area contributed by atoms with Crippen LogP contribution in [0.4, 0.5) is 0 Å². The lowest BCUT2D eigenvalue weighted by atomic mass is 9.98. The molecule has 9 heteroatoms. The van der Waals surface area contributed by atoms with Gasteiger partial charge in [0.05, 0.1) is 25.8 Å². The molecule has 8 nitrogen and oxygen atoms in total. The van der Waals surface area contributed by atoms with E-state index in [4.69, 9.17) is 14.6 Å². The average Bonchev–Trinajstić information content (AvgIpc) is 3.15. The van der Waals surface area contributed by atoms with E-state index in [9.17, 15) is 4.79 Å². The van der Waals surface area contributed by atoms with Crippen LogP contribution in [0.25, 0.3) is 0 Å². The minimum Gasteiger partial charge on any atom is -0.492 e. The van der Waals surface area contributed by atoms with Crippen molar-refractivity contribution in [1.82, 2.24) is 9.88 Å². The van der Waals surface area contributed by atoms with E-state index in [0.717, 1.165) is 22.0 Å². The van der Waals surface area contributed by atoms with Crippen LogP contribution in [0.3, 0.4) is 0 Å². The van der Waals surface area contributed by atoms with Gasteiger partial charge in [0.15, 0.2) is 5.17 Å². The number of carboxylic acids is 1. The number of aromatic nitrogens is 1. The van der Waals surface area contributed by atoms with Gasteiger partial charge in [-0.3, -0.25) is 9.78 Å². The van der Waals surface area contributed by atoms with Crippen molar-refractivity contribution in [2.75, 3.05) is 19.8 Å². The number of carbonyl (C=O) groups is 1. The molecule has 1 aromatic carbocycles. The number of amidine groups is 1. The summed E-state index contributed by atoms with van der Waals surface area (Å²) in [5.74, 6) is 3.96. The number of benzene rings is 1. The Morgan fingerprint density at radius 2 is 2.20 bits per heavy atom. The van der Waals surface area contributed by atoms with Crippen LogP contribution in [0.2, 0.25) is 0 Å². The molecule has 2 aliphatic heterocycles. The van der Waals surface area contributed by atoms with Crippen LogP contribution in [0.15, 0.2) is 59.1 Å². The minimum absolute atomic E-state index is 0.0648. The summed E-state index contributed by atoms with van der Waals surface area (Å²) >= 11 is 1.59. The van der Waals surface area contributed by atoms with Crippen molar-refractivity contribution in [2.24, 2.45) is 10.2 Å². The van der Waals surface area contributed by atoms with Crippen molar-refractivity contribution in [2.45, 2.75) is 18.1 Å². The number of rotatable bonds is 8. The van der Waals surface area contributed by atoms with Crippen LogP contribution < -0.4 is 9.47 Å². The maximum absolute atomic E-state index is 11.0. The summed E-state index contributed by atoms with van der Waals surface area (Å²) in [6.07, 6.45) is 5.36. The lowest BCUT2D eigenvalue weighted by molar-refractivity contribution is -0.137. The van der Waals surface area contributed by atoms with Gasteiger partial charge < -0.3 is 19.5 Å². The van der Waals surface area contributed by atoms with Gasteiger partial charge in [-0.05, 0) is 23.8 Å². The lowest BCUT2D eigenvalue weighted by Gasteiger charge is -2.21. The Bertz CT molecular complexity index is 1010. The molecule has 1 unspecified atom stereocenters. The Kier molecular flexibility index (Phi) is 6.32. The van der Waals surface area contributed by atoms with Gasteiger partial charge in [-0.2, -0.15) is 0 Å². The van der Waals surface area contributed by atoms with Crippen LogP contribution >= 0.6 is 11.8 Å². The predicted octanol–water partition coefficient (Wildman–Crippen LogP) is 3.11. The van der Waals surface area contributed by atoms with Crippen LogP contribution in [0.5, 0.6) is 11.5 Å². The third kappa shape index (κ3) is 5.00. The summed E-state index contributed by atoms with van der Waals surface area (Å²) in [6, 6.07) is 9.50. The number of carboxylic acid groups (broad SMARTS) is 1. The Morgan fingerprint density at radius 3 is 3.03 bits per heavy atom. The first-order valence-corrected chi connectivity index (χ1v) is 10.4. The summed E-state index contributed by atoms with van der Waals surface area (Å²) in [6.45, 7) is 1.41. The molecule has 0 saturated carbocycles. The molecule has 30 heavy (non-hydrogen) atoms. The van der Waals surface area contributed by atoms with Gasteiger partial charge in [0.1, 0.15) is 18.1 Å². The van der Waals surface area contributed by atoms with Gasteiger partial charge in [-0.1, -0.05) is 17.8 Å². The van der Waals surface area contributed by atoms with Gasteiger partial charge in [0, 0.05) is 41.6 Å². The predicted molar refractivity (Wildman–Crippen MR) is 114 cm³/mol. The smallest absolute Gasteiger partial charge is 0.304 e. The van der Waals surface area contributed by atoms with E-state index in [-0.39, 0.29) is 12.3 Å². The molecule has 4 rings (SSSR count). The number of ether oxygens (including phenoxy) is 2. The first-order chi connectivity index (χ1) is 14.7. The second kappa shape index (κ2) is 9.47. The molecular formula is C21H20N4O4S. The highest BCUT2D eigenvalue weighted by Gasteiger charge is 2.26. The molecule has 0 amide bonds. The molecule has 0 radical (unpaired) electrons. The maximum Gasteiger partial charge on any atom is 0.304 e. The summed E-state index contributed by atoms with van der Waals surface area (Å²) in [5.41, 5.74) is 2.08. The largest absolute Gasteiger partial charge is 0.492 e. The molecule has 0 saturated heterocycles. The fraction of sp³-hybridized carbons (Fsp3) is 0.286. The Morgan fingerprint density at radius 1 is 1.33 bits per heavy atom. The number of nitrogens with zero attached hydrogens (tertiary/aromatic N) is 4. The van der Waals surface area contributed by atoms with Crippen LogP contribution in [0, 0.1) is 0 Å². The molecule has 0 spiro atoms. The number of hydrogen-bond acceptors (Lipinski definition) is 8. The molecule has 0 bridgehead atoms. The van der Waals surface area contributed by atoms with E-state index in [1.54, 1.807) is 30.4 Å². The van der Waals surface area contributed by atoms with E-state index in [1.165, 1.54) is 0 Å². The second-order valence-electron chi connectivity index (χ2n) is 6.73. The normalized spacial score (nSPS) is 16.7. The summed E-state index contributed by atoms with van der Waals surface area (Å²) in [7, 11) is 0. The Labute approximate surface area is 177 Å². The number of thioether (sulfide) groups is 1. The third-order valence-corrected chi connectivity index (χ3v) is 5.71. The number of fused-ring (bicyclic) bond motifs is 1. The standard InChI is InChI=1S/C21H20N4O4S/c26-20(27)11-16-13-29-19-12-17(1-2-18(16)19)28-10-9-25-8-7-23-24-21(25)30-14-15-3-5-22-6-4-15/h1-6,8,12,16H,9-11,13-14H2,(H,26,27). The summed E-state index contributed by atoms with van der Waals surface area (Å²) < 4.78 is 11.5. The fourth-order valence-corrected chi connectivity index (χ4v) is 4.06. The van der Waals surface area contributed by atoms with E-state index in [0.29, 0.717) is 31.3 Å². The molecule has 0 aliphatic carbocycles. The third-order valence-electron chi connectivity index (χ3n) is 4.66. The molecule has 2 aliphatic rings. The van der Waals surface area contributed by atoms with Crippen molar-refractivity contribution >= 4 is 28.8 Å². The van der Waals surface area contributed by atoms with Crippen molar-refractivity contribution in [1.29, 1.82) is 0 Å². The molecule has 2 aromatic rings. The van der Waals surface area contributed by atoms with Crippen LogP contribution in [0.1, 0.15) is 23.5 Å². The first-order valence-electron chi connectivity index (χ1n) is 9.45. The van der Waals surface area contributed by atoms with E-state index < -0.39 is 5.97 Å². The van der Waals surface area contributed by atoms with Crippen molar-refractivity contribution in [3.05, 3.63) is 60.1 Å². The average molecular weight is 424 g/mol. The maximum atomic E-state index is 11.0.